The fraction of sp³-hybridized carbons (Fsp3) is 0.429. The Bertz CT molecular complexity index is 535. The van der Waals surface area contributed by atoms with Crippen LogP contribution in [0.2, 0.25) is 0 Å². The van der Waals surface area contributed by atoms with Gasteiger partial charge in [-0.05, 0) is 49.3 Å². The second-order valence-corrected chi connectivity index (χ2v) is 6.48. The number of benzene rings is 1. The van der Waals surface area contributed by atoms with Crippen LogP contribution in [-0.4, -0.2) is 41.3 Å². The minimum absolute atomic E-state index is 0.0576. The highest BCUT2D eigenvalue weighted by Crippen LogP contribution is 2.26. The van der Waals surface area contributed by atoms with E-state index in [1.165, 1.54) is 0 Å². The van der Waals surface area contributed by atoms with Crippen LogP contribution in [-0.2, 0) is 4.79 Å². The molecule has 1 saturated carbocycles. The van der Waals surface area contributed by atoms with Crippen molar-refractivity contribution < 1.29 is 13.6 Å². The molecule has 22 heavy (non-hydrogen) atoms. The number of nitrogens with zero attached hydrogens (tertiary/aromatic N) is 1. The minimum Gasteiger partial charge on any atom is -0.352 e. The van der Waals surface area contributed by atoms with Gasteiger partial charge in [-0.1, -0.05) is 11.8 Å². The summed E-state index contributed by atoms with van der Waals surface area (Å²) >= 11 is 5.71. The van der Waals surface area contributed by atoms with Crippen molar-refractivity contribution >= 4 is 40.7 Å². The highest BCUT2D eigenvalue weighted by Gasteiger charge is 2.23. The summed E-state index contributed by atoms with van der Waals surface area (Å²) in [6.45, 7) is 0.182. The highest BCUT2D eigenvalue weighted by atomic mass is 32.2. The van der Waals surface area contributed by atoms with Crippen LogP contribution in [0.15, 0.2) is 29.2 Å². The second kappa shape index (κ2) is 7.73. The topological polar surface area (TPSA) is 44.4 Å². The van der Waals surface area contributed by atoms with Crippen LogP contribution in [0.1, 0.15) is 12.8 Å². The number of thiocarbonyl (C=S) groups is 1. The van der Waals surface area contributed by atoms with Crippen molar-refractivity contribution in [1.82, 2.24) is 10.2 Å². The van der Waals surface area contributed by atoms with Gasteiger partial charge in [-0.2, -0.15) is 8.78 Å². The fourth-order valence-electron chi connectivity index (χ4n) is 1.73. The lowest BCUT2D eigenvalue weighted by atomic mass is 10.3. The number of hydrogen-bond donors (Lipinski definition) is 2. The summed E-state index contributed by atoms with van der Waals surface area (Å²) < 4.78 is 24.5. The molecular weight excluding hydrogens is 328 g/mol. The monoisotopic (exact) mass is 345 g/mol. The third-order valence-electron chi connectivity index (χ3n) is 3.00. The fourth-order valence-corrected chi connectivity index (χ4v) is 2.41. The first-order chi connectivity index (χ1) is 10.4. The Morgan fingerprint density at radius 1 is 1.41 bits per heavy atom. The lowest BCUT2D eigenvalue weighted by molar-refractivity contribution is -0.121. The lowest BCUT2D eigenvalue weighted by Crippen LogP contribution is -2.40. The molecule has 0 aromatic heterocycles. The molecule has 0 bridgehead atoms. The Labute approximate surface area is 137 Å². The Morgan fingerprint density at radius 2 is 2.05 bits per heavy atom. The van der Waals surface area contributed by atoms with Crippen molar-refractivity contribution in [3.8, 4) is 0 Å². The Kier molecular flexibility index (Phi) is 5.96. The zero-order valence-electron chi connectivity index (χ0n) is 12.0. The van der Waals surface area contributed by atoms with Crippen LogP contribution >= 0.6 is 24.0 Å². The van der Waals surface area contributed by atoms with E-state index in [1.54, 1.807) is 36.2 Å². The van der Waals surface area contributed by atoms with Crippen LogP contribution in [0.25, 0.3) is 0 Å². The maximum atomic E-state index is 12.2. The van der Waals surface area contributed by atoms with Crippen LogP contribution in [0.3, 0.4) is 0 Å². The van der Waals surface area contributed by atoms with Crippen LogP contribution in [0, 0.1) is 0 Å². The predicted molar refractivity (Wildman–Crippen MR) is 88.3 cm³/mol. The van der Waals surface area contributed by atoms with Gasteiger partial charge in [0.25, 0.3) is 5.76 Å². The number of alkyl halides is 2. The van der Waals surface area contributed by atoms with Crippen LogP contribution < -0.4 is 10.6 Å². The van der Waals surface area contributed by atoms with Gasteiger partial charge in [0, 0.05) is 23.7 Å². The zero-order valence-corrected chi connectivity index (χ0v) is 13.6. The highest BCUT2D eigenvalue weighted by molar-refractivity contribution is 7.99. The summed E-state index contributed by atoms with van der Waals surface area (Å²) in [5.74, 6) is -2.49. The number of anilines is 1. The van der Waals surface area contributed by atoms with E-state index in [4.69, 9.17) is 12.2 Å². The molecule has 8 heteroatoms. The molecule has 0 heterocycles. The van der Waals surface area contributed by atoms with Crippen molar-refractivity contribution in [2.24, 2.45) is 0 Å². The molecule has 1 amide bonds. The average Bonchev–Trinajstić information content (AvgIpc) is 3.24. The summed E-state index contributed by atoms with van der Waals surface area (Å²) in [7, 11) is 1.73. The summed E-state index contributed by atoms with van der Waals surface area (Å²) in [5, 5.41) is 6.27. The standard InChI is InChI=1S/C14H17F2N3OS2/c1-19(8-12(20)17-9-2-3-9)14(21)18-10-4-6-11(7-5-10)22-13(15)16/h4-7,9,13H,2-3,8H2,1H3,(H,17,20)(H,18,21). The molecule has 0 saturated heterocycles. The maximum absolute atomic E-state index is 12.2. The van der Waals surface area contributed by atoms with E-state index >= 15 is 0 Å². The molecule has 1 fully saturated rings. The molecule has 1 aromatic rings. The van der Waals surface area contributed by atoms with E-state index in [2.05, 4.69) is 10.6 Å². The number of carbonyl (C=O) groups excluding carboxylic acids is 1. The second-order valence-electron chi connectivity index (χ2n) is 5.03. The van der Waals surface area contributed by atoms with E-state index in [1.807, 2.05) is 0 Å². The molecule has 120 valence electrons. The SMILES string of the molecule is CN(CC(=O)NC1CC1)C(=S)Nc1ccc(SC(F)F)cc1. The molecule has 2 N–H and O–H groups in total. The average molecular weight is 345 g/mol. The molecule has 0 spiro atoms. The number of thioether (sulfide) groups is 1. The normalized spacial score (nSPS) is 13.8. The zero-order chi connectivity index (χ0) is 16.1. The predicted octanol–water partition coefficient (Wildman–Crippen LogP) is 2.91. The molecule has 0 unspecified atom stereocenters. The third kappa shape index (κ3) is 5.76. The maximum Gasteiger partial charge on any atom is 0.288 e. The number of hydrogen-bond acceptors (Lipinski definition) is 3. The Morgan fingerprint density at radius 3 is 2.59 bits per heavy atom. The minimum atomic E-state index is -2.43. The molecule has 1 aliphatic rings. The molecule has 0 atom stereocenters. The molecule has 1 aliphatic carbocycles. The Balaban J connectivity index is 1.80. The number of amides is 1. The molecule has 0 aliphatic heterocycles. The largest absolute Gasteiger partial charge is 0.352 e. The van der Waals surface area contributed by atoms with Crippen LogP contribution in [0.4, 0.5) is 14.5 Å². The van der Waals surface area contributed by atoms with Gasteiger partial charge in [0.2, 0.25) is 5.91 Å². The first-order valence-corrected chi connectivity index (χ1v) is 8.09. The van der Waals surface area contributed by atoms with E-state index in [0.29, 0.717) is 33.5 Å². The van der Waals surface area contributed by atoms with E-state index in [0.717, 1.165) is 12.8 Å². The van der Waals surface area contributed by atoms with Gasteiger partial charge in [-0.25, -0.2) is 0 Å². The van der Waals surface area contributed by atoms with Crippen molar-refractivity contribution in [1.29, 1.82) is 0 Å². The van der Waals surface area contributed by atoms with Crippen molar-refractivity contribution in [3.05, 3.63) is 24.3 Å². The summed E-state index contributed by atoms with van der Waals surface area (Å²) in [5.41, 5.74) is 0.693. The molecule has 1 aromatic carbocycles. The van der Waals surface area contributed by atoms with Gasteiger partial charge in [0.15, 0.2) is 5.11 Å². The summed E-state index contributed by atoms with van der Waals surface area (Å²) in [6, 6.07) is 6.87. The molecule has 4 nitrogen and oxygen atoms in total. The molecule has 0 radical (unpaired) electrons. The smallest absolute Gasteiger partial charge is 0.288 e. The molecule has 2 rings (SSSR count). The third-order valence-corrected chi connectivity index (χ3v) is 4.14. The van der Waals surface area contributed by atoms with Gasteiger partial charge < -0.3 is 15.5 Å². The lowest BCUT2D eigenvalue weighted by Gasteiger charge is -2.20. The number of halogens is 2. The van der Waals surface area contributed by atoms with E-state index in [9.17, 15) is 13.6 Å². The van der Waals surface area contributed by atoms with Gasteiger partial charge in [-0.3, -0.25) is 4.79 Å². The quantitative estimate of drug-likeness (QED) is 0.613. The van der Waals surface area contributed by atoms with Gasteiger partial charge in [-0.15, -0.1) is 0 Å². The number of carbonyl (C=O) groups is 1. The van der Waals surface area contributed by atoms with Crippen molar-refractivity contribution in [2.45, 2.75) is 29.5 Å². The van der Waals surface area contributed by atoms with Gasteiger partial charge in [0.1, 0.15) is 0 Å². The summed E-state index contributed by atoms with van der Waals surface area (Å²) in [4.78, 5) is 13.8. The molecular formula is C14H17F2N3OS2. The van der Waals surface area contributed by atoms with Crippen LogP contribution in [0.5, 0.6) is 0 Å². The van der Waals surface area contributed by atoms with E-state index in [-0.39, 0.29) is 12.5 Å². The van der Waals surface area contributed by atoms with Gasteiger partial charge >= 0.3 is 0 Å². The van der Waals surface area contributed by atoms with Crippen molar-refractivity contribution in [3.63, 3.8) is 0 Å². The van der Waals surface area contributed by atoms with E-state index < -0.39 is 5.76 Å². The number of nitrogens with one attached hydrogen (secondary N) is 2. The van der Waals surface area contributed by atoms with Gasteiger partial charge in [0.05, 0.1) is 6.54 Å². The first-order valence-electron chi connectivity index (χ1n) is 6.80. The Hall–Kier alpha value is -1.41. The summed E-state index contributed by atoms with van der Waals surface area (Å²) in [6.07, 6.45) is 2.09. The van der Waals surface area contributed by atoms with Crippen molar-refractivity contribution in [2.75, 3.05) is 18.9 Å². The first kappa shape index (κ1) is 17.0. The number of rotatable bonds is 6. The number of likely N-dealkylation sites (N-methyl/N-ethyl adjacent to an activating group) is 1.